The molecule has 8 aromatic carbocycles. The fourth-order valence-electron chi connectivity index (χ4n) is 9.21. The van der Waals surface area contributed by atoms with E-state index in [0.717, 1.165) is 27.6 Å². The number of anilines is 3. The molecule has 10 aromatic rings. The van der Waals surface area contributed by atoms with Gasteiger partial charge in [-0.25, -0.2) is 0 Å². The molecular formula is C48H29BN2O. The average molecular weight is 661 g/mol. The van der Waals surface area contributed by atoms with E-state index in [1.54, 1.807) is 0 Å². The highest BCUT2D eigenvalue weighted by Gasteiger charge is 2.43. The molecule has 2 aromatic heterocycles. The maximum Gasteiger partial charge on any atom is 0.252 e. The van der Waals surface area contributed by atoms with E-state index in [-0.39, 0.29) is 6.71 Å². The zero-order chi connectivity index (χ0) is 33.9. The summed E-state index contributed by atoms with van der Waals surface area (Å²) in [7, 11) is 0. The first-order valence-corrected chi connectivity index (χ1v) is 18.0. The third-order valence-electron chi connectivity index (χ3n) is 11.4. The second-order valence-electron chi connectivity index (χ2n) is 14.0. The summed E-state index contributed by atoms with van der Waals surface area (Å²) in [6.45, 7) is 0.00286. The molecule has 0 unspecified atom stereocenters. The van der Waals surface area contributed by atoms with Crippen LogP contribution in [0.4, 0.5) is 17.1 Å². The number of aromatic nitrogens is 1. The van der Waals surface area contributed by atoms with Crippen molar-refractivity contribution in [1.82, 2.24) is 4.57 Å². The van der Waals surface area contributed by atoms with E-state index in [9.17, 15) is 0 Å². The predicted octanol–water partition coefficient (Wildman–Crippen LogP) is 10.6. The first-order chi connectivity index (χ1) is 25.8. The van der Waals surface area contributed by atoms with E-state index in [0.29, 0.717) is 0 Å². The molecule has 4 heteroatoms. The molecule has 0 N–H and O–H groups in total. The Morgan fingerprint density at radius 1 is 0.404 bits per heavy atom. The van der Waals surface area contributed by atoms with Gasteiger partial charge in [0.25, 0.3) is 6.71 Å². The molecule has 0 bridgehead atoms. The maximum absolute atomic E-state index is 6.63. The number of benzene rings is 8. The molecule has 0 amide bonds. The van der Waals surface area contributed by atoms with Crippen molar-refractivity contribution in [2.75, 3.05) is 4.90 Å². The Kier molecular flexibility index (Phi) is 5.58. The molecular weight excluding hydrogens is 631 g/mol. The van der Waals surface area contributed by atoms with Crippen LogP contribution in [-0.2, 0) is 0 Å². The predicted molar refractivity (Wildman–Crippen MR) is 218 cm³/mol. The molecule has 3 nitrogen and oxygen atoms in total. The Hall–Kier alpha value is -6.78. The first-order valence-electron chi connectivity index (χ1n) is 18.0. The van der Waals surface area contributed by atoms with Gasteiger partial charge in [0.2, 0.25) is 0 Å². The number of hydrogen-bond donors (Lipinski definition) is 0. The lowest BCUT2D eigenvalue weighted by Gasteiger charge is -2.41. The van der Waals surface area contributed by atoms with Crippen LogP contribution in [0.3, 0.4) is 0 Å². The van der Waals surface area contributed by atoms with Crippen molar-refractivity contribution in [3.63, 3.8) is 0 Å². The smallest absolute Gasteiger partial charge is 0.252 e. The third kappa shape index (κ3) is 3.71. The second kappa shape index (κ2) is 10.4. The van der Waals surface area contributed by atoms with E-state index in [2.05, 4.69) is 185 Å². The highest BCUT2D eigenvalue weighted by molar-refractivity contribution is 7.00. The fourth-order valence-corrected chi connectivity index (χ4v) is 9.21. The van der Waals surface area contributed by atoms with Crippen molar-refractivity contribution in [2.24, 2.45) is 0 Å². The van der Waals surface area contributed by atoms with Gasteiger partial charge in [0.15, 0.2) is 0 Å². The Balaban J connectivity index is 1.28. The second-order valence-corrected chi connectivity index (χ2v) is 14.0. The lowest BCUT2D eigenvalue weighted by molar-refractivity contribution is 0.669. The molecule has 0 atom stereocenters. The minimum absolute atomic E-state index is 0.00286. The van der Waals surface area contributed by atoms with Crippen LogP contribution >= 0.6 is 0 Å². The maximum atomic E-state index is 6.63. The van der Waals surface area contributed by atoms with Gasteiger partial charge in [0.1, 0.15) is 11.2 Å². The van der Waals surface area contributed by atoms with E-state index in [1.165, 1.54) is 77.5 Å². The standard InChI is InChI=1S/C48H29BN2O/c1-3-14-30(15-4-1)32-26-43-47-44(27-32)51-41-24-11-8-19-34(41)36-21-13-22-38(48(36)51)49(47)39-29-46-37(35-20-9-12-25-45(35)52-46)28-42(39)50(43)40-23-10-7-18-33(40)31-16-5-2-6-17-31/h1-29H. The summed E-state index contributed by atoms with van der Waals surface area (Å²) in [4.78, 5) is 2.54. The summed E-state index contributed by atoms with van der Waals surface area (Å²) in [6, 6.07) is 64.2. The number of furan rings is 1. The molecule has 0 saturated heterocycles. The Labute approximate surface area is 300 Å². The topological polar surface area (TPSA) is 21.3 Å². The van der Waals surface area contributed by atoms with Crippen molar-refractivity contribution < 1.29 is 4.42 Å². The normalized spacial score (nSPS) is 12.9. The zero-order valence-electron chi connectivity index (χ0n) is 28.1. The van der Waals surface area contributed by atoms with Crippen molar-refractivity contribution in [2.45, 2.75) is 0 Å². The molecule has 0 saturated carbocycles. The molecule has 240 valence electrons. The van der Waals surface area contributed by atoms with Crippen molar-refractivity contribution >= 4 is 83.9 Å². The van der Waals surface area contributed by atoms with Gasteiger partial charge < -0.3 is 13.9 Å². The molecule has 0 aliphatic carbocycles. The zero-order valence-corrected chi connectivity index (χ0v) is 28.1. The van der Waals surface area contributed by atoms with Crippen LogP contribution in [0.1, 0.15) is 0 Å². The monoisotopic (exact) mass is 660 g/mol. The molecule has 52 heavy (non-hydrogen) atoms. The molecule has 4 heterocycles. The van der Waals surface area contributed by atoms with Gasteiger partial charge in [-0.1, -0.05) is 133 Å². The van der Waals surface area contributed by atoms with Gasteiger partial charge in [-0.2, -0.15) is 0 Å². The van der Waals surface area contributed by atoms with E-state index in [4.69, 9.17) is 4.42 Å². The van der Waals surface area contributed by atoms with Crippen LogP contribution in [0.25, 0.3) is 71.7 Å². The van der Waals surface area contributed by atoms with E-state index < -0.39 is 0 Å². The minimum Gasteiger partial charge on any atom is -0.456 e. The lowest BCUT2D eigenvalue weighted by atomic mass is 9.33. The SMILES string of the molecule is c1ccc(-c2cc3c4c(c2)-n2c5ccccc5c5cccc(c52)B4c2cc4oc5ccccc5c4cc2N3c2ccccc2-c2ccccc2)cc1. The number of fused-ring (bicyclic) bond motifs is 10. The number of hydrogen-bond acceptors (Lipinski definition) is 2. The molecule has 0 spiro atoms. The van der Waals surface area contributed by atoms with E-state index in [1.807, 2.05) is 0 Å². The number of para-hydroxylation sites is 4. The summed E-state index contributed by atoms with van der Waals surface area (Å²) >= 11 is 0. The molecule has 2 aliphatic rings. The van der Waals surface area contributed by atoms with Gasteiger partial charge in [-0.15, -0.1) is 0 Å². The van der Waals surface area contributed by atoms with Crippen LogP contribution < -0.4 is 21.3 Å². The van der Waals surface area contributed by atoms with Crippen LogP contribution in [0.5, 0.6) is 0 Å². The van der Waals surface area contributed by atoms with Gasteiger partial charge in [0, 0.05) is 49.7 Å². The fraction of sp³-hybridized carbons (Fsp3) is 0. The van der Waals surface area contributed by atoms with Gasteiger partial charge >= 0.3 is 0 Å². The van der Waals surface area contributed by atoms with E-state index >= 15 is 0 Å². The Bertz CT molecular complexity index is 3090. The molecule has 0 fully saturated rings. The Morgan fingerprint density at radius 2 is 1.10 bits per heavy atom. The quantitative estimate of drug-likeness (QED) is 0.176. The number of nitrogens with zero attached hydrogens (tertiary/aromatic N) is 2. The van der Waals surface area contributed by atoms with Crippen molar-refractivity contribution in [3.8, 4) is 27.9 Å². The highest BCUT2D eigenvalue weighted by atomic mass is 16.3. The van der Waals surface area contributed by atoms with Gasteiger partial charge in [-0.05, 0) is 75.5 Å². The lowest BCUT2D eigenvalue weighted by Crippen LogP contribution is -2.60. The summed E-state index contributed by atoms with van der Waals surface area (Å²) in [5.74, 6) is 0. The average Bonchev–Trinajstić information content (AvgIpc) is 3.75. The summed E-state index contributed by atoms with van der Waals surface area (Å²) in [5.41, 5.74) is 17.7. The van der Waals surface area contributed by atoms with Crippen LogP contribution in [0.15, 0.2) is 180 Å². The van der Waals surface area contributed by atoms with Gasteiger partial charge in [0.05, 0.1) is 11.2 Å². The Morgan fingerprint density at radius 3 is 1.96 bits per heavy atom. The number of rotatable bonds is 3. The van der Waals surface area contributed by atoms with Crippen molar-refractivity contribution in [1.29, 1.82) is 0 Å². The first kappa shape index (κ1) is 28.0. The summed E-state index contributed by atoms with van der Waals surface area (Å²) in [6.07, 6.45) is 0. The molecule has 2 aliphatic heterocycles. The van der Waals surface area contributed by atoms with Crippen molar-refractivity contribution in [3.05, 3.63) is 176 Å². The summed E-state index contributed by atoms with van der Waals surface area (Å²) < 4.78 is 9.16. The molecule has 12 rings (SSSR count). The minimum atomic E-state index is 0.00286. The summed E-state index contributed by atoms with van der Waals surface area (Å²) in [5, 5.41) is 4.82. The largest absolute Gasteiger partial charge is 0.456 e. The highest BCUT2D eigenvalue weighted by Crippen LogP contribution is 2.47. The van der Waals surface area contributed by atoms with Crippen LogP contribution in [0, 0.1) is 0 Å². The van der Waals surface area contributed by atoms with Gasteiger partial charge in [-0.3, -0.25) is 0 Å². The third-order valence-corrected chi connectivity index (χ3v) is 11.4. The van der Waals surface area contributed by atoms with Crippen LogP contribution in [0.2, 0.25) is 0 Å². The molecule has 0 radical (unpaired) electrons. The van der Waals surface area contributed by atoms with Crippen LogP contribution in [-0.4, -0.2) is 11.3 Å².